The summed E-state index contributed by atoms with van der Waals surface area (Å²) in [7, 11) is 1.73. The second-order valence-electron chi connectivity index (χ2n) is 5.54. The van der Waals surface area contributed by atoms with Gasteiger partial charge in [0.25, 0.3) is 5.91 Å². The van der Waals surface area contributed by atoms with E-state index in [9.17, 15) is 4.79 Å². The number of ether oxygens (including phenoxy) is 1. The number of halogens is 1. The molecule has 7 heteroatoms. The Kier molecular flexibility index (Phi) is 4.95. The van der Waals surface area contributed by atoms with Gasteiger partial charge in [0.1, 0.15) is 0 Å². The van der Waals surface area contributed by atoms with Gasteiger partial charge in [-0.25, -0.2) is 0 Å². The van der Waals surface area contributed by atoms with E-state index < -0.39 is 0 Å². The molecule has 1 aromatic heterocycles. The van der Waals surface area contributed by atoms with Crippen molar-refractivity contribution in [3.63, 3.8) is 0 Å². The largest absolute Gasteiger partial charge is 0.379 e. The number of nitrogens with one attached hydrogen (secondary N) is 1. The van der Waals surface area contributed by atoms with E-state index in [0.29, 0.717) is 5.02 Å². The lowest BCUT2D eigenvalue weighted by Gasteiger charge is -2.26. The lowest BCUT2D eigenvalue weighted by atomic mass is 10.1. The normalized spacial score (nSPS) is 15.6. The van der Waals surface area contributed by atoms with Gasteiger partial charge in [0.05, 0.1) is 18.2 Å². The van der Waals surface area contributed by atoms with Crippen molar-refractivity contribution >= 4 is 23.2 Å². The molecule has 23 heavy (non-hydrogen) atoms. The van der Waals surface area contributed by atoms with Crippen LogP contribution in [0.5, 0.6) is 0 Å². The monoisotopic (exact) mass is 334 g/mol. The number of hydrogen-bond donors (Lipinski definition) is 1. The summed E-state index contributed by atoms with van der Waals surface area (Å²) in [6.07, 6.45) is 1.60. The molecule has 0 saturated carbocycles. The molecule has 122 valence electrons. The Hall–Kier alpha value is -1.89. The molecule has 0 bridgehead atoms. The molecule has 6 nitrogen and oxygen atoms in total. The van der Waals surface area contributed by atoms with E-state index in [4.69, 9.17) is 16.3 Å². The van der Waals surface area contributed by atoms with Crippen LogP contribution in [0.1, 0.15) is 16.1 Å². The van der Waals surface area contributed by atoms with Gasteiger partial charge in [-0.3, -0.25) is 14.4 Å². The third-order valence-electron chi connectivity index (χ3n) is 3.69. The number of carbonyl (C=O) groups excluding carboxylic acids is 1. The maximum Gasteiger partial charge on any atom is 0.277 e. The molecule has 1 aliphatic rings. The number of hydrogen-bond acceptors (Lipinski definition) is 4. The van der Waals surface area contributed by atoms with Crippen molar-refractivity contribution in [1.82, 2.24) is 14.7 Å². The molecule has 1 N–H and O–H groups in total. The summed E-state index contributed by atoms with van der Waals surface area (Å²) in [5.41, 5.74) is 2.12. The fourth-order valence-electron chi connectivity index (χ4n) is 2.57. The summed E-state index contributed by atoms with van der Waals surface area (Å²) in [4.78, 5) is 14.6. The number of rotatable bonds is 4. The number of anilines is 1. The summed E-state index contributed by atoms with van der Waals surface area (Å²) in [6, 6.07) is 7.83. The first kappa shape index (κ1) is 16.0. The molecular weight excluding hydrogens is 316 g/mol. The Morgan fingerprint density at radius 3 is 2.87 bits per heavy atom. The first-order valence-corrected chi connectivity index (χ1v) is 7.89. The quantitative estimate of drug-likeness (QED) is 0.931. The molecule has 1 aliphatic heterocycles. The van der Waals surface area contributed by atoms with Gasteiger partial charge in [0.15, 0.2) is 5.69 Å². The first-order chi connectivity index (χ1) is 11.1. The van der Waals surface area contributed by atoms with Gasteiger partial charge in [-0.2, -0.15) is 5.10 Å². The van der Waals surface area contributed by atoms with Crippen LogP contribution in [0.4, 0.5) is 5.69 Å². The number of benzene rings is 1. The lowest BCUT2D eigenvalue weighted by Crippen LogP contribution is -2.35. The third-order valence-corrected chi connectivity index (χ3v) is 3.97. The van der Waals surface area contributed by atoms with Crippen molar-refractivity contribution in [2.24, 2.45) is 7.05 Å². The van der Waals surface area contributed by atoms with Crippen molar-refractivity contribution in [2.75, 3.05) is 31.6 Å². The van der Waals surface area contributed by atoms with Gasteiger partial charge in [0, 0.05) is 38.6 Å². The highest BCUT2D eigenvalue weighted by atomic mass is 35.5. The van der Waals surface area contributed by atoms with Crippen LogP contribution < -0.4 is 5.32 Å². The molecule has 1 aromatic carbocycles. The van der Waals surface area contributed by atoms with Crippen LogP contribution in [0.25, 0.3) is 0 Å². The molecule has 3 rings (SSSR count). The molecule has 0 unspecified atom stereocenters. The minimum atomic E-state index is -0.306. The maximum absolute atomic E-state index is 12.3. The molecule has 1 amide bonds. The highest BCUT2D eigenvalue weighted by Gasteiger charge is 2.15. The molecule has 0 spiro atoms. The van der Waals surface area contributed by atoms with Crippen LogP contribution in [-0.2, 0) is 18.3 Å². The lowest BCUT2D eigenvalue weighted by molar-refractivity contribution is 0.0342. The summed E-state index contributed by atoms with van der Waals surface area (Å²) in [5, 5.41) is 7.26. The predicted molar refractivity (Wildman–Crippen MR) is 88.7 cm³/mol. The highest BCUT2D eigenvalue weighted by molar-refractivity contribution is 6.34. The number of amides is 1. The van der Waals surface area contributed by atoms with E-state index in [1.807, 2.05) is 18.2 Å². The van der Waals surface area contributed by atoms with E-state index in [-0.39, 0.29) is 11.6 Å². The zero-order chi connectivity index (χ0) is 16.2. The molecule has 2 heterocycles. The number of aromatic nitrogens is 2. The fraction of sp³-hybridized carbons (Fsp3) is 0.375. The standard InChI is InChI=1S/C16H19ClN4O2/c1-20-11-14(17)15(19-20)16(22)18-13-4-2-3-12(9-13)10-21-5-7-23-8-6-21/h2-4,9,11H,5-8,10H2,1H3,(H,18,22). The molecule has 1 saturated heterocycles. The molecule has 2 aromatic rings. The average molecular weight is 335 g/mol. The summed E-state index contributed by atoms with van der Waals surface area (Å²) < 4.78 is 6.88. The highest BCUT2D eigenvalue weighted by Crippen LogP contribution is 2.17. The van der Waals surface area contributed by atoms with Crippen LogP contribution in [0.3, 0.4) is 0 Å². The second-order valence-corrected chi connectivity index (χ2v) is 5.95. The van der Waals surface area contributed by atoms with Crippen molar-refractivity contribution in [3.8, 4) is 0 Å². The third kappa shape index (κ3) is 4.10. The van der Waals surface area contributed by atoms with Crippen molar-refractivity contribution in [3.05, 3.63) is 46.7 Å². The summed E-state index contributed by atoms with van der Waals surface area (Å²) in [5.74, 6) is -0.306. The Balaban J connectivity index is 1.67. The Morgan fingerprint density at radius 2 is 2.17 bits per heavy atom. The zero-order valence-electron chi connectivity index (χ0n) is 13.0. The SMILES string of the molecule is Cn1cc(Cl)c(C(=O)Nc2cccc(CN3CCOCC3)c2)n1. The van der Waals surface area contributed by atoms with Gasteiger partial charge >= 0.3 is 0 Å². The van der Waals surface area contributed by atoms with Crippen molar-refractivity contribution < 1.29 is 9.53 Å². The Labute approximate surface area is 140 Å². The van der Waals surface area contributed by atoms with Crippen LogP contribution in [0.15, 0.2) is 30.5 Å². The van der Waals surface area contributed by atoms with Gasteiger partial charge in [-0.15, -0.1) is 0 Å². The van der Waals surface area contributed by atoms with Crippen LogP contribution in [0.2, 0.25) is 5.02 Å². The average Bonchev–Trinajstić information content (AvgIpc) is 2.87. The minimum absolute atomic E-state index is 0.229. The molecular formula is C16H19ClN4O2. The van der Waals surface area contributed by atoms with Crippen molar-refractivity contribution in [2.45, 2.75) is 6.54 Å². The maximum atomic E-state index is 12.3. The topological polar surface area (TPSA) is 59.4 Å². The first-order valence-electron chi connectivity index (χ1n) is 7.51. The van der Waals surface area contributed by atoms with E-state index in [0.717, 1.165) is 44.1 Å². The van der Waals surface area contributed by atoms with E-state index in [1.54, 1.807) is 13.2 Å². The van der Waals surface area contributed by atoms with E-state index in [1.165, 1.54) is 4.68 Å². The molecule has 0 radical (unpaired) electrons. The van der Waals surface area contributed by atoms with Gasteiger partial charge in [-0.05, 0) is 17.7 Å². The van der Waals surface area contributed by atoms with Gasteiger partial charge < -0.3 is 10.1 Å². The number of carbonyl (C=O) groups is 1. The molecule has 1 fully saturated rings. The molecule has 0 aliphatic carbocycles. The van der Waals surface area contributed by atoms with Crippen molar-refractivity contribution in [1.29, 1.82) is 0 Å². The minimum Gasteiger partial charge on any atom is -0.379 e. The number of morpholine rings is 1. The fourth-order valence-corrected chi connectivity index (χ4v) is 2.83. The molecule has 0 atom stereocenters. The van der Waals surface area contributed by atoms with E-state index in [2.05, 4.69) is 21.4 Å². The zero-order valence-corrected chi connectivity index (χ0v) is 13.7. The number of aryl methyl sites for hydroxylation is 1. The number of nitrogens with zero attached hydrogens (tertiary/aromatic N) is 3. The predicted octanol–water partition coefficient (Wildman–Crippen LogP) is 2.16. The van der Waals surface area contributed by atoms with Crippen LogP contribution in [0, 0.1) is 0 Å². The van der Waals surface area contributed by atoms with Gasteiger partial charge in [0.2, 0.25) is 0 Å². The Morgan fingerprint density at radius 1 is 1.39 bits per heavy atom. The summed E-state index contributed by atoms with van der Waals surface area (Å²) >= 11 is 6.00. The Bertz CT molecular complexity index is 695. The van der Waals surface area contributed by atoms with Gasteiger partial charge in [-0.1, -0.05) is 23.7 Å². The second kappa shape index (κ2) is 7.12. The smallest absolute Gasteiger partial charge is 0.277 e. The van der Waals surface area contributed by atoms with Crippen LogP contribution >= 0.6 is 11.6 Å². The van der Waals surface area contributed by atoms with E-state index >= 15 is 0 Å². The summed E-state index contributed by atoms with van der Waals surface area (Å²) in [6.45, 7) is 4.25. The van der Waals surface area contributed by atoms with Crippen LogP contribution in [-0.4, -0.2) is 46.9 Å².